The number of rotatable bonds is 5. The highest BCUT2D eigenvalue weighted by atomic mass is 16.5. The van der Waals surface area contributed by atoms with Gasteiger partial charge in [-0.05, 0) is 54.8 Å². The Morgan fingerprint density at radius 1 is 1.04 bits per heavy atom. The topological polar surface area (TPSA) is 39.2 Å². The van der Waals surface area contributed by atoms with Crippen molar-refractivity contribution < 1.29 is 9.53 Å². The van der Waals surface area contributed by atoms with E-state index in [-0.39, 0.29) is 5.97 Å². The van der Waals surface area contributed by atoms with Crippen LogP contribution in [0.4, 0.5) is 0 Å². The van der Waals surface area contributed by atoms with Crippen molar-refractivity contribution in [3.05, 3.63) is 71.9 Å². The highest BCUT2D eigenvalue weighted by molar-refractivity contribution is 5.94. The number of carbonyl (C=O) groups excluding carboxylic acids is 1. The standard InChI is InChI=1S/C20H19NO2/c1-2-3-6-15-10-12-16(13-11-15)20(22)23-19-9-4-8-18-17(19)7-5-14-21-18/h4-5,7-14H,2-3,6H2,1H3. The summed E-state index contributed by atoms with van der Waals surface area (Å²) in [5.41, 5.74) is 2.62. The summed E-state index contributed by atoms with van der Waals surface area (Å²) >= 11 is 0. The molecule has 0 saturated heterocycles. The fraction of sp³-hybridized carbons (Fsp3) is 0.200. The Kier molecular flexibility index (Phi) is 4.67. The monoisotopic (exact) mass is 305 g/mol. The largest absolute Gasteiger partial charge is 0.422 e. The summed E-state index contributed by atoms with van der Waals surface area (Å²) in [4.78, 5) is 16.6. The summed E-state index contributed by atoms with van der Waals surface area (Å²) < 4.78 is 5.56. The fourth-order valence-electron chi connectivity index (χ4n) is 2.51. The second-order valence-corrected chi connectivity index (χ2v) is 5.52. The molecular weight excluding hydrogens is 286 g/mol. The van der Waals surface area contributed by atoms with E-state index in [9.17, 15) is 4.79 Å². The number of unbranched alkanes of at least 4 members (excludes halogenated alkanes) is 1. The number of carbonyl (C=O) groups is 1. The van der Waals surface area contributed by atoms with Gasteiger partial charge in [-0.25, -0.2) is 4.79 Å². The van der Waals surface area contributed by atoms with Crippen molar-refractivity contribution in [1.82, 2.24) is 4.98 Å². The zero-order valence-corrected chi connectivity index (χ0v) is 13.2. The quantitative estimate of drug-likeness (QED) is 0.502. The van der Waals surface area contributed by atoms with Crippen LogP contribution in [0.15, 0.2) is 60.8 Å². The number of ether oxygens (including phenoxy) is 1. The van der Waals surface area contributed by atoms with Gasteiger partial charge in [-0.1, -0.05) is 31.5 Å². The molecule has 3 heteroatoms. The van der Waals surface area contributed by atoms with Crippen LogP contribution in [-0.2, 0) is 6.42 Å². The number of nitrogens with zero attached hydrogens (tertiary/aromatic N) is 1. The second kappa shape index (κ2) is 7.05. The average Bonchev–Trinajstić information content (AvgIpc) is 2.60. The van der Waals surface area contributed by atoms with Crippen molar-refractivity contribution in [3.63, 3.8) is 0 Å². The van der Waals surface area contributed by atoms with E-state index in [1.165, 1.54) is 12.0 Å². The smallest absolute Gasteiger partial charge is 0.343 e. The van der Waals surface area contributed by atoms with Gasteiger partial charge >= 0.3 is 5.97 Å². The van der Waals surface area contributed by atoms with Gasteiger partial charge in [0.15, 0.2) is 0 Å². The maximum absolute atomic E-state index is 12.3. The van der Waals surface area contributed by atoms with Gasteiger partial charge in [0.1, 0.15) is 5.75 Å². The van der Waals surface area contributed by atoms with E-state index >= 15 is 0 Å². The van der Waals surface area contributed by atoms with E-state index in [2.05, 4.69) is 11.9 Å². The van der Waals surface area contributed by atoms with Crippen LogP contribution in [0.2, 0.25) is 0 Å². The Bertz CT molecular complexity index is 804. The van der Waals surface area contributed by atoms with E-state index in [1.54, 1.807) is 12.3 Å². The Hall–Kier alpha value is -2.68. The molecule has 0 N–H and O–H groups in total. The molecule has 23 heavy (non-hydrogen) atoms. The Morgan fingerprint density at radius 3 is 2.65 bits per heavy atom. The summed E-state index contributed by atoms with van der Waals surface area (Å²) in [6, 6.07) is 16.9. The summed E-state index contributed by atoms with van der Waals surface area (Å²) in [5.74, 6) is 0.194. The SMILES string of the molecule is CCCCc1ccc(C(=O)Oc2cccc3ncccc23)cc1. The summed E-state index contributed by atoms with van der Waals surface area (Å²) in [5, 5.41) is 0.836. The van der Waals surface area contributed by atoms with Crippen LogP contribution < -0.4 is 4.74 Å². The van der Waals surface area contributed by atoms with Crippen molar-refractivity contribution >= 4 is 16.9 Å². The molecule has 3 nitrogen and oxygen atoms in total. The van der Waals surface area contributed by atoms with Gasteiger partial charge in [0.25, 0.3) is 0 Å². The molecule has 2 aromatic carbocycles. The fourth-order valence-corrected chi connectivity index (χ4v) is 2.51. The third-order valence-corrected chi connectivity index (χ3v) is 3.82. The van der Waals surface area contributed by atoms with E-state index in [0.29, 0.717) is 11.3 Å². The first kappa shape index (κ1) is 15.2. The lowest BCUT2D eigenvalue weighted by atomic mass is 10.1. The lowest BCUT2D eigenvalue weighted by Gasteiger charge is -2.08. The van der Waals surface area contributed by atoms with E-state index in [4.69, 9.17) is 4.74 Å². The first-order valence-corrected chi connectivity index (χ1v) is 7.93. The van der Waals surface area contributed by atoms with Gasteiger partial charge < -0.3 is 4.74 Å². The number of fused-ring (bicyclic) bond motifs is 1. The molecule has 1 heterocycles. The highest BCUT2D eigenvalue weighted by Crippen LogP contribution is 2.24. The number of esters is 1. The number of aromatic nitrogens is 1. The molecule has 0 atom stereocenters. The molecule has 0 aliphatic rings. The zero-order valence-electron chi connectivity index (χ0n) is 13.2. The van der Waals surface area contributed by atoms with E-state index < -0.39 is 0 Å². The molecule has 1 aromatic heterocycles. The predicted octanol–water partition coefficient (Wildman–Crippen LogP) is 4.80. The van der Waals surface area contributed by atoms with Gasteiger partial charge in [-0.2, -0.15) is 0 Å². The highest BCUT2D eigenvalue weighted by Gasteiger charge is 2.11. The van der Waals surface area contributed by atoms with Gasteiger partial charge in [0.2, 0.25) is 0 Å². The van der Waals surface area contributed by atoms with Crippen LogP contribution in [0.5, 0.6) is 5.75 Å². The molecule has 0 aliphatic heterocycles. The number of benzene rings is 2. The molecule has 0 radical (unpaired) electrons. The van der Waals surface area contributed by atoms with Crippen molar-refractivity contribution in [2.75, 3.05) is 0 Å². The Morgan fingerprint density at radius 2 is 1.87 bits per heavy atom. The number of hydrogen-bond acceptors (Lipinski definition) is 3. The summed E-state index contributed by atoms with van der Waals surface area (Å²) in [6.45, 7) is 2.17. The van der Waals surface area contributed by atoms with Crippen molar-refractivity contribution in [1.29, 1.82) is 0 Å². The van der Waals surface area contributed by atoms with E-state index in [1.807, 2.05) is 48.5 Å². The van der Waals surface area contributed by atoms with Gasteiger partial charge in [0, 0.05) is 11.6 Å². The van der Waals surface area contributed by atoms with Crippen LogP contribution in [0.1, 0.15) is 35.7 Å². The third-order valence-electron chi connectivity index (χ3n) is 3.82. The van der Waals surface area contributed by atoms with Crippen molar-refractivity contribution in [2.24, 2.45) is 0 Å². The Balaban J connectivity index is 1.78. The number of aryl methyl sites for hydroxylation is 1. The van der Waals surface area contributed by atoms with Crippen molar-refractivity contribution in [3.8, 4) is 5.75 Å². The maximum atomic E-state index is 12.3. The van der Waals surface area contributed by atoms with Gasteiger partial charge in [0.05, 0.1) is 11.1 Å². The summed E-state index contributed by atoms with van der Waals surface area (Å²) in [7, 11) is 0. The molecule has 3 rings (SSSR count). The molecule has 0 spiro atoms. The van der Waals surface area contributed by atoms with Crippen molar-refractivity contribution in [2.45, 2.75) is 26.2 Å². The lowest BCUT2D eigenvalue weighted by molar-refractivity contribution is 0.0737. The third kappa shape index (κ3) is 3.57. The van der Waals surface area contributed by atoms with Crippen LogP contribution in [0.3, 0.4) is 0 Å². The van der Waals surface area contributed by atoms with Crippen LogP contribution in [0.25, 0.3) is 10.9 Å². The molecule has 116 valence electrons. The van der Waals surface area contributed by atoms with Crippen LogP contribution in [-0.4, -0.2) is 11.0 Å². The maximum Gasteiger partial charge on any atom is 0.343 e. The predicted molar refractivity (Wildman–Crippen MR) is 91.8 cm³/mol. The normalized spacial score (nSPS) is 10.7. The van der Waals surface area contributed by atoms with Crippen LogP contribution in [0, 0.1) is 0 Å². The minimum Gasteiger partial charge on any atom is -0.422 e. The molecule has 0 unspecified atom stereocenters. The first-order valence-electron chi connectivity index (χ1n) is 7.93. The molecule has 0 saturated carbocycles. The van der Waals surface area contributed by atoms with Gasteiger partial charge in [-0.3, -0.25) is 4.98 Å². The van der Waals surface area contributed by atoms with Crippen LogP contribution >= 0.6 is 0 Å². The molecule has 3 aromatic rings. The summed E-state index contributed by atoms with van der Waals surface area (Å²) in [6.07, 6.45) is 5.09. The van der Waals surface area contributed by atoms with Gasteiger partial charge in [-0.15, -0.1) is 0 Å². The number of hydrogen-bond donors (Lipinski definition) is 0. The average molecular weight is 305 g/mol. The second-order valence-electron chi connectivity index (χ2n) is 5.52. The minimum absolute atomic E-state index is 0.344. The number of pyridine rings is 1. The zero-order chi connectivity index (χ0) is 16.1. The Labute approximate surface area is 135 Å². The molecule has 0 amide bonds. The first-order chi connectivity index (χ1) is 11.3. The van der Waals surface area contributed by atoms with E-state index in [0.717, 1.165) is 23.7 Å². The lowest BCUT2D eigenvalue weighted by Crippen LogP contribution is -2.08. The molecule has 0 aliphatic carbocycles. The molecule has 0 bridgehead atoms. The molecular formula is C20H19NO2. The minimum atomic E-state index is -0.344. The molecule has 0 fully saturated rings.